The Bertz CT molecular complexity index is 876. The lowest BCUT2D eigenvalue weighted by Crippen LogP contribution is -2.28. The van der Waals surface area contributed by atoms with Crippen LogP contribution in [0.4, 0.5) is 11.4 Å². The summed E-state index contributed by atoms with van der Waals surface area (Å²) in [5.74, 6) is 0.868. The summed E-state index contributed by atoms with van der Waals surface area (Å²) in [5.41, 5.74) is 5.09. The van der Waals surface area contributed by atoms with Crippen molar-refractivity contribution in [2.45, 2.75) is 32.1 Å². The lowest BCUT2D eigenvalue weighted by Gasteiger charge is -2.26. The first-order valence-corrected chi connectivity index (χ1v) is 9.99. The van der Waals surface area contributed by atoms with Crippen molar-refractivity contribution in [3.63, 3.8) is 0 Å². The fourth-order valence-corrected chi connectivity index (χ4v) is 4.53. The lowest BCUT2D eigenvalue weighted by atomic mass is 10.1. The molecule has 1 saturated carbocycles. The zero-order chi connectivity index (χ0) is 18.3. The monoisotopic (exact) mass is 366 g/mol. The van der Waals surface area contributed by atoms with Crippen LogP contribution in [0.2, 0.25) is 0 Å². The molecule has 2 aliphatic rings. The van der Waals surface area contributed by atoms with Crippen molar-refractivity contribution < 1.29 is 9.59 Å². The zero-order valence-corrected chi connectivity index (χ0v) is 15.8. The van der Waals surface area contributed by atoms with Crippen molar-refractivity contribution in [2.24, 2.45) is 5.92 Å². The number of anilines is 2. The van der Waals surface area contributed by atoms with Gasteiger partial charge < -0.3 is 5.32 Å². The minimum Gasteiger partial charge on any atom is -0.326 e. The van der Waals surface area contributed by atoms with Crippen LogP contribution in [-0.2, 0) is 9.59 Å². The number of rotatable bonds is 4. The Balaban J connectivity index is 1.63. The molecule has 0 spiro atoms. The van der Waals surface area contributed by atoms with Crippen LogP contribution in [0.5, 0.6) is 0 Å². The number of nitrogens with one attached hydrogen (secondary N) is 1. The van der Waals surface area contributed by atoms with Crippen molar-refractivity contribution in [3.8, 4) is 0 Å². The second kappa shape index (κ2) is 6.80. The van der Waals surface area contributed by atoms with Crippen LogP contribution in [-0.4, -0.2) is 17.6 Å². The summed E-state index contributed by atoms with van der Waals surface area (Å²) in [7, 11) is 0. The Hall–Kier alpha value is -2.27. The van der Waals surface area contributed by atoms with E-state index in [2.05, 4.69) is 18.3 Å². The molecule has 4 nitrogen and oxygen atoms in total. The van der Waals surface area contributed by atoms with Crippen LogP contribution in [0.3, 0.4) is 0 Å². The Morgan fingerprint density at radius 1 is 1.15 bits per heavy atom. The van der Waals surface area contributed by atoms with Gasteiger partial charge in [-0.05, 0) is 56.0 Å². The summed E-state index contributed by atoms with van der Waals surface area (Å²) in [6, 6.07) is 14.1. The molecule has 26 heavy (non-hydrogen) atoms. The predicted octanol–water partition coefficient (Wildman–Crippen LogP) is 4.43. The molecule has 0 unspecified atom stereocenters. The highest BCUT2D eigenvalue weighted by atomic mass is 32.2. The van der Waals surface area contributed by atoms with E-state index in [1.807, 2.05) is 48.2 Å². The van der Waals surface area contributed by atoms with Crippen molar-refractivity contribution >= 4 is 35.0 Å². The van der Waals surface area contributed by atoms with Crippen molar-refractivity contribution in [1.82, 2.24) is 0 Å². The summed E-state index contributed by atoms with van der Waals surface area (Å²) < 4.78 is 0. The molecule has 2 aromatic carbocycles. The first-order chi connectivity index (χ1) is 12.5. The molecule has 1 aliphatic heterocycles. The van der Waals surface area contributed by atoms with Crippen LogP contribution in [0.25, 0.3) is 0 Å². The van der Waals surface area contributed by atoms with E-state index in [9.17, 15) is 9.59 Å². The van der Waals surface area contributed by atoms with E-state index in [1.54, 1.807) is 11.8 Å². The van der Waals surface area contributed by atoms with Gasteiger partial charge in [-0.25, -0.2) is 0 Å². The summed E-state index contributed by atoms with van der Waals surface area (Å²) in [6.45, 7) is 4.10. The topological polar surface area (TPSA) is 49.4 Å². The molecule has 4 rings (SSSR count). The summed E-state index contributed by atoms with van der Waals surface area (Å²) in [6.07, 6.45) is 1.97. The van der Waals surface area contributed by atoms with Gasteiger partial charge in [-0.3, -0.25) is 14.5 Å². The molecule has 1 atom stereocenters. The van der Waals surface area contributed by atoms with Crippen LogP contribution in [0, 0.1) is 19.8 Å². The quantitative estimate of drug-likeness (QED) is 0.871. The van der Waals surface area contributed by atoms with E-state index in [0.717, 1.165) is 35.3 Å². The van der Waals surface area contributed by atoms with Gasteiger partial charge >= 0.3 is 0 Å². The molecule has 5 heteroatoms. The van der Waals surface area contributed by atoms with E-state index in [1.165, 1.54) is 5.56 Å². The van der Waals surface area contributed by atoms with Crippen LogP contribution >= 0.6 is 11.8 Å². The molecular formula is C21H22N2O2S. The number of hydrogen-bond acceptors (Lipinski definition) is 3. The average molecular weight is 366 g/mol. The Labute approximate surface area is 158 Å². The SMILES string of the molecule is Cc1ccc(N2C(=O)CS[C@H]2c2cccc(NC(=O)C3CC3)c2)c(C)c1. The first-order valence-electron chi connectivity index (χ1n) is 8.94. The number of nitrogens with zero attached hydrogens (tertiary/aromatic N) is 1. The Morgan fingerprint density at radius 3 is 2.69 bits per heavy atom. The molecule has 2 amide bonds. The Morgan fingerprint density at radius 2 is 1.96 bits per heavy atom. The third-order valence-electron chi connectivity index (χ3n) is 4.87. The number of hydrogen-bond donors (Lipinski definition) is 1. The highest BCUT2D eigenvalue weighted by Gasteiger charge is 2.35. The predicted molar refractivity (Wildman–Crippen MR) is 106 cm³/mol. The third kappa shape index (κ3) is 3.36. The standard InChI is InChI=1S/C21H22N2O2S/c1-13-6-9-18(14(2)10-13)23-19(24)12-26-21(23)16-4-3-5-17(11-16)22-20(25)15-7-8-15/h3-6,9-11,15,21H,7-8,12H2,1-2H3,(H,22,25)/t21-/m0/s1. The molecule has 1 saturated heterocycles. The van der Waals surface area contributed by atoms with E-state index in [0.29, 0.717) is 5.75 Å². The van der Waals surface area contributed by atoms with Crippen molar-refractivity contribution in [2.75, 3.05) is 16.0 Å². The van der Waals surface area contributed by atoms with Gasteiger partial charge in [0.1, 0.15) is 5.37 Å². The van der Waals surface area contributed by atoms with Gasteiger partial charge in [0.15, 0.2) is 0 Å². The number of carbonyl (C=O) groups is 2. The molecule has 2 fully saturated rings. The number of benzene rings is 2. The third-order valence-corrected chi connectivity index (χ3v) is 6.08. The van der Waals surface area contributed by atoms with E-state index in [4.69, 9.17) is 0 Å². The average Bonchev–Trinajstić information content (AvgIpc) is 3.39. The minimum absolute atomic E-state index is 0.0679. The summed E-state index contributed by atoms with van der Waals surface area (Å²) in [4.78, 5) is 26.5. The zero-order valence-electron chi connectivity index (χ0n) is 15.0. The fourth-order valence-electron chi connectivity index (χ4n) is 3.37. The second-order valence-corrected chi connectivity index (χ2v) is 8.17. The molecule has 0 radical (unpaired) electrons. The minimum atomic E-state index is -0.0679. The van der Waals surface area contributed by atoms with E-state index in [-0.39, 0.29) is 23.1 Å². The smallest absolute Gasteiger partial charge is 0.238 e. The number of thioether (sulfide) groups is 1. The van der Waals surface area contributed by atoms with Gasteiger partial charge in [0.2, 0.25) is 11.8 Å². The van der Waals surface area contributed by atoms with E-state index >= 15 is 0 Å². The molecule has 1 N–H and O–H groups in total. The lowest BCUT2D eigenvalue weighted by molar-refractivity contribution is -0.117. The maximum atomic E-state index is 12.6. The molecular weight excluding hydrogens is 344 g/mol. The summed E-state index contributed by atoms with van der Waals surface area (Å²) in [5, 5.41) is 2.93. The number of amides is 2. The van der Waals surface area contributed by atoms with Gasteiger partial charge in [-0.1, -0.05) is 29.8 Å². The fraction of sp³-hybridized carbons (Fsp3) is 0.333. The van der Waals surface area contributed by atoms with Crippen molar-refractivity contribution in [1.29, 1.82) is 0 Å². The van der Waals surface area contributed by atoms with Gasteiger partial charge in [-0.15, -0.1) is 11.8 Å². The van der Waals surface area contributed by atoms with Crippen LogP contribution in [0.1, 0.15) is 34.9 Å². The van der Waals surface area contributed by atoms with E-state index < -0.39 is 0 Å². The van der Waals surface area contributed by atoms with Crippen LogP contribution < -0.4 is 10.2 Å². The van der Waals surface area contributed by atoms with Crippen molar-refractivity contribution in [3.05, 3.63) is 59.2 Å². The molecule has 0 bridgehead atoms. The maximum absolute atomic E-state index is 12.6. The Kier molecular flexibility index (Phi) is 4.49. The number of aryl methyl sites for hydroxylation is 2. The van der Waals surface area contributed by atoms with Gasteiger partial charge in [-0.2, -0.15) is 0 Å². The summed E-state index contributed by atoms with van der Waals surface area (Å²) >= 11 is 1.63. The van der Waals surface area contributed by atoms with Crippen LogP contribution in [0.15, 0.2) is 42.5 Å². The van der Waals surface area contributed by atoms with Gasteiger partial charge in [0, 0.05) is 17.3 Å². The number of carbonyl (C=O) groups excluding carboxylic acids is 2. The van der Waals surface area contributed by atoms with Gasteiger partial charge in [0.05, 0.1) is 5.75 Å². The largest absolute Gasteiger partial charge is 0.326 e. The normalized spacial score (nSPS) is 19.7. The highest BCUT2D eigenvalue weighted by Crippen LogP contribution is 2.43. The molecule has 134 valence electrons. The molecule has 1 aliphatic carbocycles. The maximum Gasteiger partial charge on any atom is 0.238 e. The molecule has 1 heterocycles. The highest BCUT2D eigenvalue weighted by molar-refractivity contribution is 8.00. The molecule has 2 aromatic rings. The molecule has 0 aromatic heterocycles. The second-order valence-electron chi connectivity index (χ2n) is 7.11. The first kappa shape index (κ1) is 17.2. The van der Waals surface area contributed by atoms with Gasteiger partial charge in [0.25, 0.3) is 0 Å².